The quantitative estimate of drug-likeness (QED) is 0.201. The number of likely N-dealkylation sites (N-methyl/N-ethyl adjacent to an activating group) is 2. The van der Waals surface area contributed by atoms with Crippen molar-refractivity contribution >= 4 is 60.3 Å². The zero-order valence-electron chi connectivity index (χ0n) is 37.6. The van der Waals surface area contributed by atoms with Crippen LogP contribution in [0, 0.1) is 11.8 Å². The van der Waals surface area contributed by atoms with Crippen molar-refractivity contribution < 1.29 is 47.3 Å². The molecule has 6 bridgehead atoms. The summed E-state index contributed by atoms with van der Waals surface area (Å²) < 4.78 is 51.9. The Morgan fingerprint density at radius 3 is 2.18 bits per heavy atom. The number of carbonyl (C=O) groups excluding carboxylic acids is 2. The number of Topliss-reactive ketones (excluding diaryl/α,β-unsaturated/α-hetero) is 1. The van der Waals surface area contributed by atoms with E-state index in [4.69, 9.17) is 38.4 Å². The first-order valence-corrected chi connectivity index (χ1v) is 24.6. The van der Waals surface area contributed by atoms with Gasteiger partial charge < -0.3 is 43.3 Å². The summed E-state index contributed by atoms with van der Waals surface area (Å²) >= 11 is 5.38. The lowest BCUT2D eigenvalue weighted by atomic mass is 9.69. The fraction of sp³-hybridized carbons (Fsp3) is 0.860. The lowest BCUT2D eigenvalue weighted by Crippen LogP contribution is -2.56. The normalized spacial score (nSPS) is 46.0. The highest BCUT2D eigenvalue weighted by molar-refractivity contribution is 9.10. The molecule has 0 radical (unpaired) electrons. The first-order chi connectivity index (χ1) is 28.1. The van der Waals surface area contributed by atoms with E-state index in [2.05, 4.69) is 66.7 Å². The maximum Gasteiger partial charge on any atom is 0.332 e. The maximum atomic E-state index is 14.6. The minimum atomic E-state index is -1.84. The van der Waals surface area contributed by atoms with Gasteiger partial charge in [-0.25, -0.2) is 4.79 Å². The third kappa shape index (κ3) is 9.76. The summed E-state index contributed by atoms with van der Waals surface area (Å²) in [7, 11) is 7.78. The summed E-state index contributed by atoms with van der Waals surface area (Å²) in [6, 6.07) is -0.364. The van der Waals surface area contributed by atoms with E-state index < -0.39 is 74.3 Å². The molecule has 0 aromatic heterocycles. The van der Waals surface area contributed by atoms with Gasteiger partial charge in [-0.3, -0.25) is 19.0 Å². The standard InChI is InChI=1S/C43H69BrN4O10S2/c1-23-13-16-32(49)43(7,58-37-18-15-30(48(10)11)26(4)55-37)33(50)21-35-46-42(6,40(53-12)60(35)52)39-45-28(22-59-39)38(51)57-34-20-31(27(19-23)24(2)41(34,5)44)56-36-17-14-29(47(8)9)25(3)54-36/h19,24-32,34,36-37,40,49H,13-18,20-22H2,1-12H3/t24-,25-,26-,27-,28+,29+,30+,31-,32-,34-,36+,37+,40+,41+,42+,43-,60?/m1/s1. The molecule has 0 spiro atoms. The van der Waals surface area contributed by atoms with Gasteiger partial charge in [-0.15, -0.1) is 11.8 Å². The van der Waals surface area contributed by atoms with Crippen molar-refractivity contribution in [1.82, 2.24) is 9.80 Å². The molecule has 1 N–H and O–H groups in total. The van der Waals surface area contributed by atoms with Crippen molar-refractivity contribution in [1.29, 1.82) is 0 Å². The summed E-state index contributed by atoms with van der Waals surface area (Å²) in [5, 5.41) is 12.7. The topological polar surface area (TPSA) is 158 Å². The Labute approximate surface area is 372 Å². The summed E-state index contributed by atoms with van der Waals surface area (Å²) in [5.41, 5.74) is -2.89. The van der Waals surface area contributed by atoms with Gasteiger partial charge in [-0.1, -0.05) is 34.5 Å². The average Bonchev–Trinajstić information content (AvgIpc) is 3.77. The van der Waals surface area contributed by atoms with Gasteiger partial charge in [0.1, 0.15) is 16.7 Å². The number of alkyl halides is 1. The number of hydrogen-bond donors (Lipinski definition) is 1. The number of rotatable bonds is 7. The van der Waals surface area contributed by atoms with E-state index in [0.717, 1.165) is 24.8 Å². The zero-order valence-corrected chi connectivity index (χ0v) is 40.8. The molecule has 2 saturated heterocycles. The summed E-state index contributed by atoms with van der Waals surface area (Å²) in [4.78, 5) is 42.7. The summed E-state index contributed by atoms with van der Waals surface area (Å²) in [5.74, 6) is -0.773. The van der Waals surface area contributed by atoms with Crippen LogP contribution in [0.5, 0.6) is 0 Å². The number of nitrogens with zero attached hydrogens (tertiary/aromatic N) is 4. The van der Waals surface area contributed by atoms with Crippen molar-refractivity contribution in [3.05, 3.63) is 11.6 Å². The summed E-state index contributed by atoms with van der Waals surface area (Å²) in [6.07, 6.45) is 2.45. The van der Waals surface area contributed by atoms with Crippen molar-refractivity contribution in [2.45, 2.75) is 182 Å². The van der Waals surface area contributed by atoms with Crippen LogP contribution < -0.4 is 0 Å². The third-order valence-electron chi connectivity index (χ3n) is 14.1. The van der Waals surface area contributed by atoms with E-state index in [0.29, 0.717) is 30.1 Å². The van der Waals surface area contributed by atoms with Gasteiger partial charge in [0.2, 0.25) is 0 Å². The third-order valence-corrected chi connectivity index (χ3v) is 18.3. The van der Waals surface area contributed by atoms with Gasteiger partial charge in [0.05, 0.1) is 51.0 Å². The van der Waals surface area contributed by atoms with Crippen LogP contribution in [0.1, 0.15) is 99.8 Å². The first kappa shape index (κ1) is 48.3. The van der Waals surface area contributed by atoms with Crippen molar-refractivity contribution in [2.75, 3.05) is 41.1 Å². The van der Waals surface area contributed by atoms with E-state index in [1.807, 2.05) is 27.9 Å². The molecule has 1 saturated carbocycles. The molecule has 6 heterocycles. The molecule has 0 amide bonds. The number of aliphatic imine (C=N–C) groups is 2. The van der Waals surface area contributed by atoms with Gasteiger partial charge in [0.25, 0.3) is 0 Å². The van der Waals surface area contributed by atoms with Crippen molar-refractivity contribution in [2.24, 2.45) is 21.8 Å². The second-order valence-corrected chi connectivity index (χ2v) is 23.0. The fourth-order valence-electron chi connectivity index (χ4n) is 9.99. The van der Waals surface area contributed by atoms with Crippen molar-refractivity contribution in [3.8, 4) is 0 Å². The van der Waals surface area contributed by atoms with E-state index in [1.165, 1.54) is 18.9 Å². The van der Waals surface area contributed by atoms with Gasteiger partial charge >= 0.3 is 5.97 Å². The molecule has 0 aromatic rings. The number of hydrogen-bond acceptors (Lipinski definition) is 15. The number of methoxy groups -OCH3 is 1. The van der Waals surface area contributed by atoms with E-state index in [9.17, 15) is 18.9 Å². The number of esters is 1. The monoisotopic (exact) mass is 944 g/mol. The van der Waals surface area contributed by atoms with Crippen LogP contribution in [-0.2, 0) is 48.8 Å². The molecule has 1 unspecified atom stereocenters. The van der Waals surface area contributed by atoms with Gasteiger partial charge in [-0.2, -0.15) is 0 Å². The second-order valence-electron chi connectivity index (χ2n) is 18.8. The van der Waals surface area contributed by atoms with Crippen LogP contribution in [0.3, 0.4) is 0 Å². The van der Waals surface area contributed by atoms with E-state index in [-0.39, 0.29) is 60.1 Å². The Kier molecular flexibility index (Phi) is 15.4. The van der Waals surface area contributed by atoms with Crippen LogP contribution in [-0.4, -0.2) is 164 Å². The Morgan fingerprint density at radius 2 is 1.58 bits per heavy atom. The smallest absolute Gasteiger partial charge is 0.332 e. The second kappa shape index (κ2) is 19.2. The predicted octanol–water partition coefficient (Wildman–Crippen LogP) is 5.24. The molecule has 7 aliphatic rings. The molecule has 14 nitrogen and oxygen atoms in total. The van der Waals surface area contributed by atoms with Crippen molar-refractivity contribution in [3.63, 3.8) is 0 Å². The number of ether oxygens (including phenoxy) is 6. The minimum absolute atomic E-state index is 0.0287. The highest BCUT2D eigenvalue weighted by Crippen LogP contribution is 2.49. The number of carbonyl (C=O) groups is 2. The number of aliphatic hydroxyl groups excluding tert-OH is 1. The Bertz CT molecular complexity index is 1710. The van der Waals surface area contributed by atoms with Crippen LogP contribution in [0.4, 0.5) is 0 Å². The molecule has 1 aliphatic carbocycles. The van der Waals surface area contributed by atoms with Gasteiger partial charge in [0.15, 0.2) is 35.4 Å². The molecular formula is C43H69BrN4O10S2. The van der Waals surface area contributed by atoms with Crippen LogP contribution in [0.15, 0.2) is 21.6 Å². The van der Waals surface area contributed by atoms with Crippen LogP contribution in [0.25, 0.3) is 0 Å². The number of allylic oxidation sites excluding steroid dienone is 1. The lowest BCUT2D eigenvalue weighted by molar-refractivity contribution is -0.261. The molecule has 0 aromatic carbocycles. The lowest BCUT2D eigenvalue weighted by Gasteiger charge is -2.50. The Balaban J connectivity index is 1.37. The molecule has 6 aliphatic heterocycles. The molecule has 340 valence electrons. The Morgan fingerprint density at radius 1 is 0.967 bits per heavy atom. The maximum absolute atomic E-state index is 14.6. The predicted molar refractivity (Wildman–Crippen MR) is 238 cm³/mol. The molecule has 60 heavy (non-hydrogen) atoms. The molecule has 17 atom stereocenters. The van der Waals surface area contributed by atoms with Crippen LogP contribution in [0.2, 0.25) is 0 Å². The molecule has 7 rings (SSSR count). The van der Waals surface area contributed by atoms with Gasteiger partial charge in [0, 0.05) is 43.7 Å². The molecule has 3 fully saturated rings. The minimum Gasteiger partial charge on any atom is -0.459 e. The zero-order chi connectivity index (χ0) is 44.1. The molecular weight excluding hydrogens is 877 g/mol. The van der Waals surface area contributed by atoms with E-state index >= 15 is 0 Å². The highest BCUT2D eigenvalue weighted by atomic mass is 79.9. The number of thioether (sulfide) groups is 1. The number of halogens is 1. The Hall–Kier alpha value is -1.12. The highest BCUT2D eigenvalue weighted by Gasteiger charge is 2.56. The largest absolute Gasteiger partial charge is 0.459 e. The fourth-order valence-corrected chi connectivity index (χ4v) is 13.4. The average molecular weight is 946 g/mol. The van der Waals surface area contributed by atoms with Gasteiger partial charge in [-0.05, 0) is 108 Å². The number of aliphatic hydroxyl groups is 1. The van der Waals surface area contributed by atoms with Crippen LogP contribution >= 0.6 is 27.7 Å². The van der Waals surface area contributed by atoms with E-state index in [1.54, 1.807) is 13.8 Å². The summed E-state index contributed by atoms with van der Waals surface area (Å²) in [6.45, 7) is 13.7. The number of fused-ring (bicyclic) bond motifs is 9. The SMILES string of the molecule is CO[C@H]1S(=O)C2=N[C@@]1(C)C1=N[C@@H](CS1)C(=O)O[C@@H]1C[C@@H](O[C@H]3CC[C@H](N(C)C)[C@@H](C)O3)[C@H](C=C(C)CC[C@@H](O)[C@@](C)(O[C@H]3CC[C@H](N(C)C)[C@@H](C)O3)C(=O)C2)[C@@H](C)[C@]1(C)Br. The first-order valence-electron chi connectivity index (χ1n) is 21.6. The number of ketones is 1. The molecule has 17 heteroatoms.